The Bertz CT molecular complexity index is 264. The molecule has 0 saturated heterocycles. The van der Waals surface area contributed by atoms with E-state index in [0.29, 0.717) is 4.61 Å². The second-order valence-corrected chi connectivity index (χ2v) is 3.18. The van der Waals surface area contributed by atoms with Gasteiger partial charge in [-0.1, -0.05) is 24.3 Å². The summed E-state index contributed by atoms with van der Waals surface area (Å²) in [6, 6.07) is 7.96. The molecule has 1 aromatic rings. The third-order valence-corrected chi connectivity index (χ3v) is 1.88. The summed E-state index contributed by atoms with van der Waals surface area (Å²) in [7, 11) is 0. The molecule has 0 amide bonds. The second kappa shape index (κ2) is 4.50. The first-order valence-electron chi connectivity index (χ1n) is 3.68. The van der Waals surface area contributed by atoms with Crippen LogP contribution < -0.4 is 4.74 Å². The summed E-state index contributed by atoms with van der Waals surface area (Å²) in [4.78, 5) is 0. The summed E-state index contributed by atoms with van der Waals surface area (Å²) >= 11 is 2.17. The lowest BCUT2D eigenvalue weighted by Gasteiger charge is -2.03. The molecule has 0 heterocycles. The number of halogens is 1. The lowest BCUT2D eigenvalue weighted by Crippen LogP contribution is -1.87. The van der Waals surface area contributed by atoms with Crippen molar-refractivity contribution >= 4 is 28.2 Å². The average Bonchev–Trinajstić information content (AvgIpc) is 2.06. The molecule has 12 heavy (non-hydrogen) atoms. The summed E-state index contributed by atoms with van der Waals surface area (Å²) in [6.45, 7) is 5.85. The fraction of sp³-hybridized carbons (Fsp3) is 0.200. The smallest absolute Gasteiger partial charge is 0.139 e. The second-order valence-electron chi connectivity index (χ2n) is 2.56. The van der Waals surface area contributed by atoms with E-state index < -0.39 is 0 Å². The van der Waals surface area contributed by atoms with Crippen molar-refractivity contribution in [2.75, 3.05) is 4.61 Å². The van der Waals surface area contributed by atoms with Crippen molar-refractivity contribution in [3.63, 3.8) is 0 Å². The summed E-state index contributed by atoms with van der Waals surface area (Å²) < 4.78 is 5.98. The van der Waals surface area contributed by atoms with Crippen LogP contribution >= 0.6 is 22.6 Å². The van der Waals surface area contributed by atoms with Gasteiger partial charge in [0.05, 0.1) is 0 Å². The lowest BCUT2D eigenvalue weighted by molar-refractivity contribution is 0.404. The van der Waals surface area contributed by atoms with Crippen molar-refractivity contribution in [3.05, 3.63) is 36.4 Å². The van der Waals surface area contributed by atoms with E-state index in [1.807, 2.05) is 31.2 Å². The topological polar surface area (TPSA) is 9.23 Å². The van der Waals surface area contributed by atoms with Gasteiger partial charge >= 0.3 is 0 Å². The molecule has 0 aliphatic heterocycles. The van der Waals surface area contributed by atoms with Gasteiger partial charge in [0.1, 0.15) is 10.4 Å². The van der Waals surface area contributed by atoms with Crippen LogP contribution in [-0.4, -0.2) is 4.61 Å². The molecule has 0 saturated carbocycles. The molecule has 0 bridgehead atoms. The van der Waals surface area contributed by atoms with Crippen LogP contribution in [0.25, 0.3) is 5.57 Å². The maximum absolute atomic E-state index is 5.30. The van der Waals surface area contributed by atoms with Gasteiger partial charge < -0.3 is 4.74 Å². The summed E-state index contributed by atoms with van der Waals surface area (Å²) in [5.41, 5.74) is 2.24. The highest BCUT2D eigenvalue weighted by molar-refractivity contribution is 14.1. The third kappa shape index (κ3) is 2.52. The van der Waals surface area contributed by atoms with Gasteiger partial charge in [0, 0.05) is 0 Å². The first-order valence-corrected chi connectivity index (χ1v) is 5.21. The Hall–Kier alpha value is -0.510. The highest BCUT2D eigenvalue weighted by atomic mass is 127. The quantitative estimate of drug-likeness (QED) is 0.605. The Labute approximate surface area is 86.6 Å². The summed E-state index contributed by atoms with van der Waals surface area (Å²) in [6.07, 6.45) is 0. The van der Waals surface area contributed by atoms with Gasteiger partial charge in [0.15, 0.2) is 0 Å². The molecule has 0 spiro atoms. The molecule has 64 valence electrons. The van der Waals surface area contributed by atoms with E-state index in [2.05, 4.69) is 29.2 Å². The van der Waals surface area contributed by atoms with Crippen LogP contribution in [0.4, 0.5) is 0 Å². The molecular weight excluding hydrogens is 263 g/mol. The standard InChI is InChI=1S/C10H11IO/c1-8(2)9-3-5-10(6-4-9)12-7-11/h3-6H,1,7H2,2H3. The van der Waals surface area contributed by atoms with Crippen molar-refractivity contribution in [2.45, 2.75) is 6.92 Å². The molecule has 1 aromatic carbocycles. The number of hydrogen-bond donors (Lipinski definition) is 0. The monoisotopic (exact) mass is 274 g/mol. The van der Waals surface area contributed by atoms with E-state index in [1.54, 1.807) is 0 Å². The maximum atomic E-state index is 5.30. The molecule has 0 aliphatic rings. The molecule has 0 aliphatic carbocycles. The van der Waals surface area contributed by atoms with Gasteiger partial charge in [-0.25, -0.2) is 0 Å². The van der Waals surface area contributed by atoms with Gasteiger partial charge in [-0.15, -0.1) is 0 Å². The largest absolute Gasteiger partial charge is 0.483 e. The van der Waals surface area contributed by atoms with Crippen LogP contribution in [0.15, 0.2) is 30.8 Å². The molecule has 0 radical (unpaired) electrons. The van der Waals surface area contributed by atoms with Crippen LogP contribution in [0.3, 0.4) is 0 Å². The Kier molecular flexibility index (Phi) is 3.59. The minimum atomic E-state index is 0.685. The van der Waals surface area contributed by atoms with E-state index in [0.717, 1.165) is 16.9 Å². The number of alkyl halides is 1. The fourth-order valence-corrected chi connectivity index (χ4v) is 1.26. The Morgan fingerprint density at radius 2 is 2.00 bits per heavy atom. The molecule has 0 aromatic heterocycles. The Morgan fingerprint density at radius 3 is 2.42 bits per heavy atom. The van der Waals surface area contributed by atoms with Gasteiger partial charge in [-0.2, -0.15) is 0 Å². The Morgan fingerprint density at radius 1 is 1.42 bits per heavy atom. The van der Waals surface area contributed by atoms with Crippen molar-refractivity contribution in [1.82, 2.24) is 0 Å². The lowest BCUT2D eigenvalue weighted by atomic mass is 10.1. The fourth-order valence-electron chi connectivity index (χ4n) is 0.899. The van der Waals surface area contributed by atoms with Crippen LogP contribution in [-0.2, 0) is 0 Å². The normalized spacial score (nSPS) is 9.50. The number of ether oxygens (including phenoxy) is 1. The highest BCUT2D eigenvalue weighted by Gasteiger charge is 1.94. The van der Waals surface area contributed by atoms with E-state index in [9.17, 15) is 0 Å². The maximum Gasteiger partial charge on any atom is 0.139 e. The number of allylic oxidation sites excluding steroid dienone is 1. The molecule has 1 nitrogen and oxygen atoms in total. The molecule has 0 atom stereocenters. The predicted molar refractivity (Wildman–Crippen MR) is 60.7 cm³/mol. The number of hydrogen-bond acceptors (Lipinski definition) is 1. The Balaban J connectivity index is 2.78. The molecule has 1 rings (SSSR count). The van der Waals surface area contributed by atoms with E-state index in [1.165, 1.54) is 0 Å². The zero-order valence-corrected chi connectivity index (χ0v) is 9.17. The van der Waals surface area contributed by atoms with Crippen molar-refractivity contribution < 1.29 is 4.74 Å². The third-order valence-electron chi connectivity index (χ3n) is 1.57. The van der Waals surface area contributed by atoms with Gasteiger partial charge in [0.25, 0.3) is 0 Å². The average molecular weight is 274 g/mol. The predicted octanol–water partition coefficient (Wildman–Crippen LogP) is 3.49. The summed E-state index contributed by atoms with van der Waals surface area (Å²) in [5, 5.41) is 0. The van der Waals surface area contributed by atoms with Crippen molar-refractivity contribution in [1.29, 1.82) is 0 Å². The van der Waals surface area contributed by atoms with Gasteiger partial charge in [-0.3, -0.25) is 0 Å². The minimum Gasteiger partial charge on any atom is -0.483 e. The van der Waals surface area contributed by atoms with Crippen molar-refractivity contribution in [3.8, 4) is 5.75 Å². The number of benzene rings is 1. The molecule has 0 N–H and O–H groups in total. The highest BCUT2D eigenvalue weighted by Crippen LogP contribution is 2.17. The summed E-state index contributed by atoms with van der Waals surface area (Å²) in [5.74, 6) is 0.911. The first-order chi connectivity index (χ1) is 5.74. The van der Waals surface area contributed by atoms with E-state index in [4.69, 9.17) is 4.74 Å². The first kappa shape index (κ1) is 9.58. The van der Waals surface area contributed by atoms with Crippen molar-refractivity contribution in [2.24, 2.45) is 0 Å². The van der Waals surface area contributed by atoms with Gasteiger partial charge in [0.2, 0.25) is 0 Å². The van der Waals surface area contributed by atoms with Crippen LogP contribution in [0, 0.1) is 0 Å². The van der Waals surface area contributed by atoms with E-state index in [-0.39, 0.29) is 0 Å². The zero-order valence-electron chi connectivity index (χ0n) is 7.01. The zero-order chi connectivity index (χ0) is 8.97. The van der Waals surface area contributed by atoms with Crippen LogP contribution in [0.5, 0.6) is 5.75 Å². The van der Waals surface area contributed by atoms with Crippen LogP contribution in [0.1, 0.15) is 12.5 Å². The SMILES string of the molecule is C=C(C)c1ccc(OCI)cc1. The molecule has 2 heteroatoms. The van der Waals surface area contributed by atoms with Crippen LogP contribution in [0.2, 0.25) is 0 Å². The molecule has 0 fully saturated rings. The van der Waals surface area contributed by atoms with Gasteiger partial charge in [-0.05, 0) is 47.2 Å². The molecule has 0 unspecified atom stereocenters. The molecular formula is C10H11IO. The van der Waals surface area contributed by atoms with E-state index >= 15 is 0 Å². The number of rotatable bonds is 3. The minimum absolute atomic E-state index is 0.685.